The largest absolute Gasteiger partial charge is 0.472 e. The number of aliphatic hydroxyl groups excluding tert-OH is 1. The first-order chi connectivity index (χ1) is 47.0. The highest BCUT2D eigenvalue weighted by Crippen LogP contribution is 2.45. The molecule has 0 saturated carbocycles. The van der Waals surface area contributed by atoms with E-state index < -0.39 is 97.5 Å². The lowest BCUT2D eigenvalue weighted by Gasteiger charge is -2.21. The molecule has 0 aromatic rings. The van der Waals surface area contributed by atoms with Gasteiger partial charge in [0.25, 0.3) is 0 Å². The number of hydrogen-bond acceptors (Lipinski definition) is 15. The van der Waals surface area contributed by atoms with E-state index in [0.29, 0.717) is 31.6 Å². The van der Waals surface area contributed by atoms with Crippen molar-refractivity contribution in [3.05, 3.63) is 0 Å². The van der Waals surface area contributed by atoms with E-state index in [9.17, 15) is 43.2 Å². The van der Waals surface area contributed by atoms with E-state index in [0.717, 1.165) is 96.3 Å². The summed E-state index contributed by atoms with van der Waals surface area (Å²) in [6, 6.07) is 0. The van der Waals surface area contributed by atoms with E-state index in [4.69, 9.17) is 37.0 Å². The molecule has 0 fully saturated rings. The minimum atomic E-state index is -4.96. The van der Waals surface area contributed by atoms with Crippen molar-refractivity contribution in [1.29, 1.82) is 0 Å². The molecular formula is C78H152O17P2. The first kappa shape index (κ1) is 95.1. The topological polar surface area (TPSA) is 237 Å². The van der Waals surface area contributed by atoms with Gasteiger partial charge in [-0.2, -0.15) is 0 Å². The second-order valence-corrected chi connectivity index (χ2v) is 31.5. The number of aliphatic hydroxyl groups is 1. The molecule has 0 rings (SSSR count). The standard InChI is InChI=1S/C78H152O17P2/c1-6-9-12-15-18-21-24-27-30-31-32-35-38-41-44-47-54-59-63-77(82)94-73(67-88-75(80)61-56-51-45-42-39-36-33-28-25-22-19-16-13-10-7-2)69-92-96(84,85)90-65-72(79)66-91-97(86,87)93-70-74(68-89-76(81)62-57-52-49-48-50-55-60-71(4)5)95-78(83)64-58-53-46-43-40-37-34-29-26-23-20-17-14-11-8-3/h71-74,79H,6-70H2,1-5H3,(H,84,85)(H,86,87)/t72-,73-,74-/m1/s1. The molecule has 0 aliphatic heterocycles. The average Bonchev–Trinajstić information content (AvgIpc) is 1.40. The lowest BCUT2D eigenvalue weighted by Crippen LogP contribution is -2.30. The summed E-state index contributed by atoms with van der Waals surface area (Å²) >= 11 is 0. The molecule has 0 aliphatic carbocycles. The van der Waals surface area contributed by atoms with Gasteiger partial charge in [-0.1, -0.05) is 362 Å². The van der Waals surface area contributed by atoms with Crippen LogP contribution in [0.2, 0.25) is 0 Å². The monoisotopic (exact) mass is 1420 g/mol. The Kier molecular flexibility index (Phi) is 69.6. The number of phosphoric ester groups is 2. The highest BCUT2D eigenvalue weighted by atomic mass is 31.2. The number of phosphoric acid groups is 2. The van der Waals surface area contributed by atoms with Gasteiger partial charge in [-0.3, -0.25) is 37.3 Å². The third-order valence-electron chi connectivity index (χ3n) is 18.3. The number of esters is 4. The summed E-state index contributed by atoms with van der Waals surface area (Å²) < 4.78 is 68.6. The molecule has 3 N–H and O–H groups in total. The van der Waals surface area contributed by atoms with Crippen LogP contribution in [0.4, 0.5) is 0 Å². The van der Waals surface area contributed by atoms with Gasteiger partial charge >= 0.3 is 39.5 Å². The van der Waals surface area contributed by atoms with E-state index >= 15 is 0 Å². The zero-order chi connectivity index (χ0) is 71.2. The first-order valence-electron chi connectivity index (χ1n) is 40.6. The number of unbranched alkanes of at least 4 members (excludes halogenated alkanes) is 50. The maximum Gasteiger partial charge on any atom is 0.472 e. The number of carbonyl (C=O) groups excluding carboxylic acids is 4. The van der Waals surface area contributed by atoms with Gasteiger partial charge in [-0.15, -0.1) is 0 Å². The van der Waals surface area contributed by atoms with Gasteiger partial charge in [0, 0.05) is 25.7 Å². The third-order valence-corrected chi connectivity index (χ3v) is 20.2. The van der Waals surface area contributed by atoms with Crippen LogP contribution in [0.15, 0.2) is 0 Å². The van der Waals surface area contributed by atoms with Crippen LogP contribution in [-0.2, 0) is 65.4 Å². The Bertz CT molecular complexity index is 1860. The van der Waals surface area contributed by atoms with Crippen molar-refractivity contribution in [2.45, 2.75) is 432 Å². The van der Waals surface area contributed by atoms with E-state index in [1.165, 1.54) is 231 Å². The normalized spacial score (nSPS) is 13.9. The minimum absolute atomic E-state index is 0.107. The van der Waals surface area contributed by atoms with E-state index in [-0.39, 0.29) is 25.7 Å². The number of rotatable bonds is 78. The SMILES string of the molecule is CCCCCCCCCCCCCCCCCCCCC(=O)O[C@H](COC(=O)CCCCCCCCCCCCCCCCC)COP(=O)(O)OC[C@@H](O)COP(=O)(O)OC[C@@H](COC(=O)CCCCCCCCC(C)C)OC(=O)CCCCCCCCCCCCCCCCC. The molecule has 0 amide bonds. The van der Waals surface area contributed by atoms with Gasteiger partial charge in [0.05, 0.1) is 26.4 Å². The molecule has 576 valence electrons. The van der Waals surface area contributed by atoms with Crippen molar-refractivity contribution in [3.63, 3.8) is 0 Å². The highest BCUT2D eigenvalue weighted by Gasteiger charge is 2.30. The molecule has 0 radical (unpaired) electrons. The zero-order valence-corrected chi connectivity index (χ0v) is 65.0. The van der Waals surface area contributed by atoms with Crippen molar-refractivity contribution in [2.75, 3.05) is 39.6 Å². The Morgan fingerprint density at radius 1 is 0.278 bits per heavy atom. The third kappa shape index (κ3) is 72.2. The van der Waals surface area contributed by atoms with Crippen LogP contribution in [0, 0.1) is 5.92 Å². The van der Waals surface area contributed by atoms with Crippen LogP contribution in [0.5, 0.6) is 0 Å². The lowest BCUT2D eigenvalue weighted by atomic mass is 10.0. The second-order valence-electron chi connectivity index (χ2n) is 28.6. The molecule has 17 nitrogen and oxygen atoms in total. The Morgan fingerprint density at radius 2 is 0.474 bits per heavy atom. The van der Waals surface area contributed by atoms with Gasteiger partial charge in [-0.05, 0) is 31.6 Å². The number of ether oxygens (including phenoxy) is 4. The summed E-state index contributed by atoms with van der Waals surface area (Å²) in [6.07, 6.45) is 61.1. The Morgan fingerprint density at radius 3 is 0.701 bits per heavy atom. The molecule has 0 aromatic heterocycles. The molecule has 19 heteroatoms. The number of hydrogen-bond donors (Lipinski definition) is 3. The fraction of sp³-hybridized carbons (Fsp3) is 0.949. The smallest absolute Gasteiger partial charge is 0.462 e. The molecule has 0 heterocycles. The Labute approximate surface area is 594 Å². The van der Waals surface area contributed by atoms with Gasteiger partial charge in [0.1, 0.15) is 19.3 Å². The molecular weight excluding hydrogens is 1270 g/mol. The average molecular weight is 1420 g/mol. The van der Waals surface area contributed by atoms with Gasteiger partial charge in [-0.25, -0.2) is 9.13 Å². The van der Waals surface area contributed by atoms with Gasteiger partial charge < -0.3 is 33.8 Å². The van der Waals surface area contributed by atoms with Crippen molar-refractivity contribution in [1.82, 2.24) is 0 Å². The van der Waals surface area contributed by atoms with Crippen molar-refractivity contribution < 1.29 is 80.2 Å². The van der Waals surface area contributed by atoms with Crippen molar-refractivity contribution in [2.24, 2.45) is 5.92 Å². The van der Waals surface area contributed by atoms with E-state index in [1.807, 2.05) is 0 Å². The Balaban J connectivity index is 5.23. The fourth-order valence-corrected chi connectivity index (χ4v) is 13.6. The Hall–Kier alpha value is -1.94. The minimum Gasteiger partial charge on any atom is -0.462 e. The quantitative estimate of drug-likeness (QED) is 0.0222. The number of carbonyl (C=O) groups is 4. The highest BCUT2D eigenvalue weighted by molar-refractivity contribution is 7.47. The predicted molar refractivity (Wildman–Crippen MR) is 395 cm³/mol. The van der Waals surface area contributed by atoms with Crippen LogP contribution in [-0.4, -0.2) is 96.7 Å². The zero-order valence-electron chi connectivity index (χ0n) is 63.2. The predicted octanol–water partition coefficient (Wildman–Crippen LogP) is 23.3. The maximum absolute atomic E-state index is 13.1. The summed E-state index contributed by atoms with van der Waals surface area (Å²) in [5, 5.41) is 10.6. The van der Waals surface area contributed by atoms with Crippen LogP contribution < -0.4 is 0 Å². The molecule has 5 atom stereocenters. The summed E-state index contributed by atoms with van der Waals surface area (Å²) in [4.78, 5) is 72.9. The second kappa shape index (κ2) is 71.1. The van der Waals surface area contributed by atoms with Crippen LogP contribution in [0.3, 0.4) is 0 Å². The molecule has 0 spiro atoms. The summed E-state index contributed by atoms with van der Waals surface area (Å²) in [5.41, 5.74) is 0. The van der Waals surface area contributed by atoms with Gasteiger partial charge in [0.15, 0.2) is 12.2 Å². The van der Waals surface area contributed by atoms with Gasteiger partial charge in [0.2, 0.25) is 0 Å². The van der Waals surface area contributed by atoms with E-state index in [1.54, 1.807) is 0 Å². The summed E-state index contributed by atoms with van der Waals surface area (Å²) in [5.74, 6) is -1.43. The first-order valence-corrected chi connectivity index (χ1v) is 43.6. The van der Waals surface area contributed by atoms with Crippen LogP contribution in [0.25, 0.3) is 0 Å². The van der Waals surface area contributed by atoms with Crippen molar-refractivity contribution in [3.8, 4) is 0 Å². The fourth-order valence-electron chi connectivity index (χ4n) is 12.1. The molecule has 97 heavy (non-hydrogen) atoms. The van der Waals surface area contributed by atoms with Crippen LogP contribution in [0.1, 0.15) is 413 Å². The molecule has 0 aliphatic rings. The summed E-state index contributed by atoms with van der Waals surface area (Å²) in [7, 11) is -9.91. The van der Waals surface area contributed by atoms with Crippen LogP contribution >= 0.6 is 15.6 Å². The lowest BCUT2D eigenvalue weighted by molar-refractivity contribution is -0.161. The molecule has 0 bridgehead atoms. The molecule has 0 aromatic carbocycles. The van der Waals surface area contributed by atoms with Crippen molar-refractivity contribution >= 4 is 39.5 Å². The molecule has 0 saturated heterocycles. The van der Waals surface area contributed by atoms with E-state index in [2.05, 4.69) is 34.6 Å². The maximum atomic E-state index is 13.1. The summed E-state index contributed by atoms with van der Waals surface area (Å²) in [6.45, 7) is 7.24. The molecule has 2 unspecified atom stereocenters.